The fourth-order valence-electron chi connectivity index (χ4n) is 2.17. The Hall–Kier alpha value is -1.16. The maximum absolute atomic E-state index is 12.1. The van der Waals surface area contributed by atoms with Gasteiger partial charge < -0.3 is 20.5 Å². The van der Waals surface area contributed by atoms with Gasteiger partial charge in [-0.2, -0.15) is 8.78 Å². The first-order valence-electron chi connectivity index (χ1n) is 7.77. The fraction of sp³-hybridized carbons (Fsp3) is 0.562. The van der Waals surface area contributed by atoms with Crippen LogP contribution in [0, 0.1) is 5.92 Å². The highest BCUT2D eigenvalue weighted by molar-refractivity contribution is 14.0. The Balaban J connectivity index is 0.00000288. The molecule has 0 aromatic heterocycles. The van der Waals surface area contributed by atoms with Crippen LogP contribution in [0.2, 0.25) is 0 Å². The first kappa shape index (κ1) is 20.9. The van der Waals surface area contributed by atoms with Gasteiger partial charge in [0.05, 0.1) is 12.6 Å². The van der Waals surface area contributed by atoms with Crippen molar-refractivity contribution in [3.05, 3.63) is 29.8 Å². The van der Waals surface area contributed by atoms with Crippen molar-refractivity contribution in [1.29, 1.82) is 0 Å². The number of nitrogens with zero attached hydrogens (tertiary/aromatic N) is 1. The molecule has 1 aliphatic carbocycles. The van der Waals surface area contributed by atoms with Crippen molar-refractivity contribution >= 4 is 29.9 Å². The Morgan fingerprint density at radius 2 is 2.00 bits per heavy atom. The van der Waals surface area contributed by atoms with Crippen LogP contribution in [-0.4, -0.2) is 36.8 Å². The molecule has 1 saturated carbocycles. The normalized spacial score (nSPS) is 21.0. The third-order valence-corrected chi connectivity index (χ3v) is 3.69. The summed E-state index contributed by atoms with van der Waals surface area (Å²) in [6, 6.07) is 6.37. The van der Waals surface area contributed by atoms with E-state index in [4.69, 9.17) is 0 Å². The number of guanidine groups is 1. The molecule has 1 aliphatic rings. The second-order valence-electron chi connectivity index (χ2n) is 5.65. The Bertz CT molecular complexity index is 529. The van der Waals surface area contributed by atoms with E-state index in [1.807, 2.05) is 6.92 Å². The third-order valence-electron chi connectivity index (χ3n) is 3.69. The Morgan fingerprint density at radius 3 is 2.50 bits per heavy atom. The number of aliphatic imine (C=N–C) groups is 1. The average molecular weight is 455 g/mol. The van der Waals surface area contributed by atoms with Crippen molar-refractivity contribution in [2.24, 2.45) is 10.9 Å². The number of nitrogens with one attached hydrogen (secondary N) is 2. The maximum atomic E-state index is 12.1. The van der Waals surface area contributed by atoms with Crippen molar-refractivity contribution in [3.63, 3.8) is 0 Å². The quantitative estimate of drug-likeness (QED) is 0.336. The number of benzene rings is 1. The van der Waals surface area contributed by atoms with Gasteiger partial charge >= 0.3 is 6.61 Å². The molecule has 3 atom stereocenters. The van der Waals surface area contributed by atoms with E-state index in [-0.39, 0.29) is 36.3 Å². The Morgan fingerprint density at radius 1 is 1.38 bits per heavy atom. The lowest BCUT2D eigenvalue weighted by Gasteiger charge is -2.13. The molecular weight excluding hydrogens is 431 g/mol. The highest BCUT2D eigenvalue weighted by atomic mass is 127. The van der Waals surface area contributed by atoms with Crippen LogP contribution in [0.25, 0.3) is 0 Å². The molecule has 24 heavy (non-hydrogen) atoms. The molecule has 0 heterocycles. The molecular formula is C16H24F2IN3O2. The monoisotopic (exact) mass is 455 g/mol. The van der Waals surface area contributed by atoms with E-state index in [0.717, 1.165) is 13.0 Å². The fourth-order valence-corrected chi connectivity index (χ4v) is 2.17. The second-order valence-corrected chi connectivity index (χ2v) is 5.65. The van der Waals surface area contributed by atoms with Crippen molar-refractivity contribution in [1.82, 2.24) is 10.6 Å². The van der Waals surface area contributed by atoms with E-state index in [1.54, 1.807) is 12.1 Å². The lowest BCUT2D eigenvalue weighted by Crippen LogP contribution is -2.39. The van der Waals surface area contributed by atoms with E-state index in [2.05, 4.69) is 27.3 Å². The van der Waals surface area contributed by atoms with Crippen LogP contribution in [0.4, 0.5) is 8.78 Å². The number of ether oxygens (including phenoxy) is 1. The highest BCUT2D eigenvalue weighted by Crippen LogP contribution is 2.28. The third kappa shape index (κ3) is 6.76. The zero-order valence-electron chi connectivity index (χ0n) is 13.7. The Kier molecular flexibility index (Phi) is 8.68. The zero-order valence-corrected chi connectivity index (χ0v) is 16.0. The molecule has 1 aromatic rings. The van der Waals surface area contributed by atoms with Gasteiger partial charge in [-0.3, -0.25) is 4.99 Å². The summed E-state index contributed by atoms with van der Waals surface area (Å²) in [5.41, 5.74) is 0.603. The Labute approximate surface area is 157 Å². The summed E-state index contributed by atoms with van der Waals surface area (Å²) < 4.78 is 28.5. The predicted octanol–water partition coefficient (Wildman–Crippen LogP) is 2.90. The van der Waals surface area contributed by atoms with Gasteiger partial charge in [-0.05, 0) is 37.0 Å². The summed E-state index contributed by atoms with van der Waals surface area (Å²) in [4.78, 5) is 4.37. The zero-order chi connectivity index (χ0) is 16.8. The molecule has 1 aromatic carbocycles. The van der Waals surface area contributed by atoms with Gasteiger partial charge in [0.15, 0.2) is 5.96 Å². The SMILES string of the molecule is CCNC(=NCC(O)c1ccc(OC(F)F)cc1)NC1CC1C.I. The van der Waals surface area contributed by atoms with Crippen molar-refractivity contribution < 1.29 is 18.6 Å². The van der Waals surface area contributed by atoms with Crippen LogP contribution < -0.4 is 15.4 Å². The number of hydrogen-bond donors (Lipinski definition) is 3. The van der Waals surface area contributed by atoms with Crippen LogP contribution >= 0.6 is 24.0 Å². The summed E-state index contributed by atoms with van der Waals surface area (Å²) >= 11 is 0. The van der Waals surface area contributed by atoms with Crippen LogP contribution in [-0.2, 0) is 0 Å². The van der Waals surface area contributed by atoms with Crippen LogP contribution in [0.5, 0.6) is 5.75 Å². The molecule has 136 valence electrons. The van der Waals surface area contributed by atoms with Crippen molar-refractivity contribution in [2.45, 2.75) is 39.0 Å². The molecule has 8 heteroatoms. The van der Waals surface area contributed by atoms with E-state index < -0.39 is 12.7 Å². The summed E-state index contributed by atoms with van der Waals surface area (Å²) in [7, 11) is 0. The van der Waals surface area contributed by atoms with Crippen molar-refractivity contribution in [3.8, 4) is 5.75 Å². The number of aliphatic hydroxyl groups excluding tert-OH is 1. The molecule has 0 aliphatic heterocycles. The summed E-state index contributed by atoms with van der Waals surface area (Å²) in [6.07, 6.45) is 0.321. The van der Waals surface area contributed by atoms with Crippen LogP contribution in [0.15, 0.2) is 29.3 Å². The number of halogens is 3. The van der Waals surface area contributed by atoms with Crippen LogP contribution in [0.3, 0.4) is 0 Å². The summed E-state index contributed by atoms with van der Waals surface area (Å²) in [6.45, 7) is 2.22. The molecule has 0 saturated heterocycles. The molecule has 3 N–H and O–H groups in total. The van der Waals surface area contributed by atoms with Crippen LogP contribution in [0.1, 0.15) is 31.9 Å². The van der Waals surface area contributed by atoms with E-state index >= 15 is 0 Å². The molecule has 5 nitrogen and oxygen atoms in total. The minimum atomic E-state index is -2.85. The van der Waals surface area contributed by atoms with Crippen molar-refractivity contribution in [2.75, 3.05) is 13.1 Å². The van der Waals surface area contributed by atoms with E-state index in [1.165, 1.54) is 12.1 Å². The largest absolute Gasteiger partial charge is 0.435 e. The predicted molar refractivity (Wildman–Crippen MR) is 100 cm³/mol. The van der Waals surface area contributed by atoms with Gasteiger partial charge in [-0.15, -0.1) is 24.0 Å². The first-order valence-corrected chi connectivity index (χ1v) is 7.77. The van der Waals surface area contributed by atoms with E-state index in [0.29, 0.717) is 23.5 Å². The molecule has 0 spiro atoms. The highest BCUT2D eigenvalue weighted by Gasteiger charge is 2.33. The van der Waals surface area contributed by atoms with Gasteiger partial charge in [0.1, 0.15) is 5.75 Å². The average Bonchev–Trinajstić information content (AvgIpc) is 3.20. The molecule has 0 radical (unpaired) electrons. The number of alkyl halides is 2. The molecule has 1 fully saturated rings. The molecule has 0 bridgehead atoms. The summed E-state index contributed by atoms with van der Waals surface area (Å²) in [5.74, 6) is 1.39. The molecule has 0 amide bonds. The maximum Gasteiger partial charge on any atom is 0.387 e. The smallest absolute Gasteiger partial charge is 0.387 e. The number of aliphatic hydroxyl groups is 1. The standard InChI is InChI=1S/C16H23F2N3O2.HI/c1-3-19-16(21-13-8-10(13)2)20-9-14(22)11-4-6-12(7-5-11)23-15(17)18;/h4-7,10,13-15,22H,3,8-9H2,1-2H3,(H2,19,20,21);1H. The summed E-state index contributed by atoms with van der Waals surface area (Å²) in [5, 5.41) is 16.6. The number of hydrogen-bond acceptors (Lipinski definition) is 3. The van der Waals surface area contributed by atoms with Gasteiger partial charge in [0, 0.05) is 12.6 Å². The topological polar surface area (TPSA) is 65.9 Å². The van der Waals surface area contributed by atoms with E-state index in [9.17, 15) is 13.9 Å². The first-order chi connectivity index (χ1) is 11.0. The molecule has 2 rings (SSSR count). The second kappa shape index (κ2) is 9.97. The van der Waals surface area contributed by atoms with Gasteiger partial charge in [-0.1, -0.05) is 19.1 Å². The lowest BCUT2D eigenvalue weighted by molar-refractivity contribution is -0.0498. The van der Waals surface area contributed by atoms with Gasteiger partial charge in [0.25, 0.3) is 0 Å². The minimum absolute atomic E-state index is 0. The van der Waals surface area contributed by atoms with Gasteiger partial charge in [0.2, 0.25) is 0 Å². The van der Waals surface area contributed by atoms with Gasteiger partial charge in [-0.25, -0.2) is 0 Å². The number of rotatable bonds is 7. The lowest BCUT2D eigenvalue weighted by atomic mass is 10.1. The molecule has 3 unspecified atom stereocenters. The minimum Gasteiger partial charge on any atom is -0.435 e.